The Balaban J connectivity index is 2.09. The lowest BCUT2D eigenvalue weighted by Gasteiger charge is -2.14. The molecule has 4 nitrogen and oxygen atoms in total. The summed E-state index contributed by atoms with van der Waals surface area (Å²) in [7, 11) is 1.56. The molecule has 0 aliphatic heterocycles. The Morgan fingerprint density at radius 3 is 2.74 bits per heavy atom. The first-order valence-electron chi connectivity index (χ1n) is 8.70. The number of ether oxygens (including phenoxy) is 2. The maximum atomic E-state index is 9.78. The Morgan fingerprint density at radius 2 is 2.07 bits per heavy atom. The van der Waals surface area contributed by atoms with Gasteiger partial charge in [-0.1, -0.05) is 35.5 Å². The van der Waals surface area contributed by atoms with Crippen molar-refractivity contribution in [2.75, 3.05) is 20.5 Å². The molecule has 2 N–H and O–H groups in total. The summed E-state index contributed by atoms with van der Waals surface area (Å²) in [5, 5.41) is 19.9. The van der Waals surface area contributed by atoms with Crippen LogP contribution in [-0.2, 0) is 11.2 Å². The number of aliphatic hydroxyl groups is 1. The number of aliphatic hydroxyl groups excluding tert-OH is 1. The molecule has 2 rings (SSSR count). The first kappa shape index (κ1) is 21.6. The van der Waals surface area contributed by atoms with E-state index in [1.165, 1.54) is 11.8 Å². The molecule has 0 aliphatic rings. The lowest BCUT2D eigenvalue weighted by Crippen LogP contribution is -2.06. The third-order valence-electron chi connectivity index (χ3n) is 4.09. The molecular formula is C21H25ClO4S. The van der Waals surface area contributed by atoms with Crippen LogP contribution in [0.2, 0.25) is 5.02 Å². The highest BCUT2D eigenvalue weighted by Gasteiger charge is 2.11. The highest BCUT2D eigenvalue weighted by Crippen LogP contribution is 2.38. The van der Waals surface area contributed by atoms with E-state index in [0.29, 0.717) is 10.8 Å². The third-order valence-corrected chi connectivity index (χ3v) is 5.47. The molecule has 0 fully saturated rings. The van der Waals surface area contributed by atoms with Gasteiger partial charge in [-0.3, -0.25) is 0 Å². The first-order chi connectivity index (χ1) is 13.1. The predicted octanol–water partition coefficient (Wildman–Crippen LogP) is 5.30. The maximum absolute atomic E-state index is 9.78. The van der Waals surface area contributed by atoms with Crippen molar-refractivity contribution in [2.24, 2.45) is 5.92 Å². The van der Waals surface area contributed by atoms with Crippen LogP contribution >= 0.6 is 23.4 Å². The minimum atomic E-state index is 0.134. The molecule has 0 heterocycles. The van der Waals surface area contributed by atoms with E-state index in [1.807, 2.05) is 24.3 Å². The lowest BCUT2D eigenvalue weighted by atomic mass is 9.97. The highest BCUT2D eigenvalue weighted by molar-refractivity contribution is 7.99. The summed E-state index contributed by atoms with van der Waals surface area (Å²) in [6.45, 7) is 4.01. The van der Waals surface area contributed by atoms with Gasteiger partial charge in [0.15, 0.2) is 6.79 Å². The zero-order chi connectivity index (χ0) is 19.6. The molecular weight excluding hydrogens is 384 g/mol. The van der Waals surface area contributed by atoms with Gasteiger partial charge in [-0.25, -0.2) is 0 Å². The van der Waals surface area contributed by atoms with E-state index in [1.54, 1.807) is 25.3 Å². The summed E-state index contributed by atoms with van der Waals surface area (Å²) in [4.78, 5) is 1.73. The molecule has 0 radical (unpaired) electrons. The minimum Gasteiger partial charge on any atom is -0.508 e. The Morgan fingerprint density at radius 1 is 1.26 bits per heavy atom. The summed E-state index contributed by atoms with van der Waals surface area (Å²) < 4.78 is 10.5. The molecule has 0 bridgehead atoms. The van der Waals surface area contributed by atoms with Crippen LogP contribution in [0.1, 0.15) is 18.4 Å². The maximum Gasteiger partial charge on any atom is 0.188 e. The number of aromatic hydroxyl groups is 1. The lowest BCUT2D eigenvalue weighted by molar-refractivity contribution is 0.0491. The smallest absolute Gasteiger partial charge is 0.188 e. The van der Waals surface area contributed by atoms with Gasteiger partial charge in [0.25, 0.3) is 0 Å². The molecule has 2 aromatic carbocycles. The number of rotatable bonds is 11. The quantitative estimate of drug-likeness (QED) is 0.390. The fourth-order valence-corrected chi connectivity index (χ4v) is 3.93. The van der Waals surface area contributed by atoms with E-state index in [4.69, 9.17) is 21.1 Å². The summed E-state index contributed by atoms with van der Waals surface area (Å²) in [6.07, 6.45) is 4.29. The van der Waals surface area contributed by atoms with Crippen molar-refractivity contribution >= 4 is 23.4 Å². The van der Waals surface area contributed by atoms with Crippen molar-refractivity contribution in [3.8, 4) is 11.5 Å². The van der Waals surface area contributed by atoms with Crippen LogP contribution in [0.5, 0.6) is 11.5 Å². The van der Waals surface area contributed by atoms with Gasteiger partial charge in [0.2, 0.25) is 0 Å². The van der Waals surface area contributed by atoms with Crippen LogP contribution in [-0.4, -0.2) is 30.7 Å². The number of benzene rings is 2. The van der Waals surface area contributed by atoms with Crippen molar-refractivity contribution in [3.63, 3.8) is 0 Å². The van der Waals surface area contributed by atoms with Gasteiger partial charge in [0.05, 0.1) is 4.90 Å². The van der Waals surface area contributed by atoms with E-state index in [0.717, 1.165) is 34.6 Å². The fourth-order valence-electron chi connectivity index (χ4n) is 2.62. The molecule has 1 atom stereocenters. The number of phenols is 1. The van der Waals surface area contributed by atoms with Crippen LogP contribution < -0.4 is 4.74 Å². The largest absolute Gasteiger partial charge is 0.508 e. The van der Waals surface area contributed by atoms with Crippen molar-refractivity contribution < 1.29 is 19.7 Å². The first-order valence-corrected chi connectivity index (χ1v) is 9.89. The number of hydrogen-bond donors (Lipinski definition) is 2. The monoisotopic (exact) mass is 408 g/mol. The Kier molecular flexibility index (Phi) is 9.01. The van der Waals surface area contributed by atoms with Gasteiger partial charge >= 0.3 is 0 Å². The van der Waals surface area contributed by atoms with Gasteiger partial charge in [-0.2, -0.15) is 0 Å². The van der Waals surface area contributed by atoms with Gasteiger partial charge in [0.1, 0.15) is 11.5 Å². The average molecular weight is 409 g/mol. The number of hydrogen-bond acceptors (Lipinski definition) is 5. The van der Waals surface area contributed by atoms with Gasteiger partial charge < -0.3 is 19.7 Å². The minimum absolute atomic E-state index is 0.134. The Hall–Kier alpha value is -1.66. The zero-order valence-electron chi connectivity index (χ0n) is 15.4. The summed E-state index contributed by atoms with van der Waals surface area (Å²) >= 11 is 7.92. The zero-order valence-corrected chi connectivity index (χ0v) is 16.9. The number of halogens is 1. The van der Waals surface area contributed by atoms with Crippen LogP contribution in [0.25, 0.3) is 0 Å². The molecule has 0 aliphatic carbocycles. The standard InChI is InChI=1S/C21H25ClO4S/c1-3-4-15(13-23)5-6-16-7-9-18(12-19(16)22)27-21-11-17(24)8-10-20(21)26-14-25-2/h3,7-12,15,23-24H,1,4-6,13-14H2,2H3. The molecule has 0 saturated heterocycles. The van der Waals surface area contributed by atoms with Gasteiger partial charge in [-0.15, -0.1) is 6.58 Å². The fraction of sp³-hybridized carbons (Fsp3) is 0.333. The van der Waals surface area contributed by atoms with Gasteiger partial charge in [0, 0.05) is 23.6 Å². The van der Waals surface area contributed by atoms with Crippen LogP contribution in [0, 0.1) is 5.92 Å². The second-order valence-corrected chi connectivity index (χ2v) is 7.67. The molecule has 0 spiro atoms. The molecule has 0 saturated carbocycles. The summed E-state index contributed by atoms with van der Waals surface area (Å²) in [5.41, 5.74) is 1.05. The van der Waals surface area contributed by atoms with E-state index in [2.05, 4.69) is 6.58 Å². The van der Waals surface area contributed by atoms with E-state index < -0.39 is 0 Å². The van der Waals surface area contributed by atoms with E-state index in [-0.39, 0.29) is 25.1 Å². The molecule has 2 aromatic rings. The molecule has 146 valence electrons. The molecule has 1 unspecified atom stereocenters. The predicted molar refractivity (Wildman–Crippen MR) is 110 cm³/mol. The summed E-state index contributed by atoms with van der Waals surface area (Å²) in [5.74, 6) is 1.01. The number of aryl methyl sites for hydroxylation is 1. The van der Waals surface area contributed by atoms with Gasteiger partial charge in [-0.05, 0) is 61.1 Å². The van der Waals surface area contributed by atoms with Crippen molar-refractivity contribution in [2.45, 2.75) is 29.1 Å². The number of phenolic OH excluding ortho intramolecular Hbond substituents is 1. The van der Waals surface area contributed by atoms with Crippen molar-refractivity contribution in [3.05, 3.63) is 59.6 Å². The van der Waals surface area contributed by atoms with E-state index >= 15 is 0 Å². The molecule has 6 heteroatoms. The van der Waals surface area contributed by atoms with Crippen LogP contribution in [0.4, 0.5) is 0 Å². The van der Waals surface area contributed by atoms with Crippen molar-refractivity contribution in [1.82, 2.24) is 0 Å². The second kappa shape index (κ2) is 11.2. The van der Waals surface area contributed by atoms with Crippen LogP contribution in [0.15, 0.2) is 58.8 Å². The number of allylic oxidation sites excluding steroid dienone is 1. The average Bonchev–Trinajstić information content (AvgIpc) is 2.65. The van der Waals surface area contributed by atoms with E-state index in [9.17, 15) is 10.2 Å². The molecule has 0 amide bonds. The Labute approximate surface area is 169 Å². The van der Waals surface area contributed by atoms with Crippen LogP contribution in [0.3, 0.4) is 0 Å². The number of methoxy groups -OCH3 is 1. The SMILES string of the molecule is C=CCC(CO)CCc1ccc(Sc2cc(O)ccc2OCOC)cc1Cl. The normalized spacial score (nSPS) is 12.0. The molecule has 27 heavy (non-hydrogen) atoms. The second-order valence-electron chi connectivity index (χ2n) is 6.15. The summed E-state index contributed by atoms with van der Waals surface area (Å²) in [6, 6.07) is 10.8. The Bertz CT molecular complexity index is 751. The highest BCUT2D eigenvalue weighted by atomic mass is 35.5. The van der Waals surface area contributed by atoms with Crippen molar-refractivity contribution in [1.29, 1.82) is 0 Å². The molecule has 0 aromatic heterocycles. The third kappa shape index (κ3) is 6.78. The topological polar surface area (TPSA) is 58.9 Å².